The van der Waals surface area contributed by atoms with Crippen LogP contribution in [0.3, 0.4) is 0 Å². The van der Waals surface area contributed by atoms with Gasteiger partial charge >= 0.3 is 0 Å². The van der Waals surface area contributed by atoms with E-state index in [4.69, 9.17) is 4.74 Å². The summed E-state index contributed by atoms with van der Waals surface area (Å²) in [5.74, 6) is 0.665. The van der Waals surface area contributed by atoms with Crippen molar-refractivity contribution in [2.45, 2.75) is 26.6 Å². The van der Waals surface area contributed by atoms with Gasteiger partial charge in [0.2, 0.25) is 5.88 Å². The van der Waals surface area contributed by atoms with E-state index < -0.39 is 0 Å². The van der Waals surface area contributed by atoms with Gasteiger partial charge in [-0.2, -0.15) is 0 Å². The second kappa shape index (κ2) is 7.04. The Morgan fingerprint density at radius 1 is 1.08 bits per heavy atom. The van der Waals surface area contributed by atoms with Crippen LogP contribution in [0.1, 0.15) is 27.2 Å². The van der Waals surface area contributed by atoms with Crippen molar-refractivity contribution in [1.29, 1.82) is 0 Å². The first kappa shape index (κ1) is 16.4. The topological polar surface area (TPSA) is 47.4 Å². The number of aromatic nitrogens is 2. The van der Waals surface area contributed by atoms with Crippen molar-refractivity contribution in [3.8, 4) is 5.88 Å². The molecule has 5 nitrogen and oxygen atoms in total. The van der Waals surface area contributed by atoms with Crippen molar-refractivity contribution in [3.63, 3.8) is 0 Å². The molecule has 0 saturated carbocycles. The number of amides is 1. The van der Waals surface area contributed by atoms with E-state index in [1.807, 2.05) is 77.2 Å². The summed E-state index contributed by atoms with van der Waals surface area (Å²) in [6, 6.07) is 19.7. The van der Waals surface area contributed by atoms with E-state index in [1.165, 1.54) is 0 Å². The van der Waals surface area contributed by atoms with E-state index in [1.54, 1.807) is 0 Å². The quantitative estimate of drug-likeness (QED) is 0.726. The number of ether oxygens (including phenoxy) is 1. The van der Waals surface area contributed by atoms with Gasteiger partial charge in [0.15, 0.2) is 0 Å². The number of carbonyl (C=O) groups excluding carboxylic acids is 1. The molecule has 0 fully saturated rings. The zero-order valence-electron chi connectivity index (χ0n) is 14.8. The van der Waals surface area contributed by atoms with E-state index in [9.17, 15) is 4.79 Å². The van der Waals surface area contributed by atoms with Gasteiger partial charge in [-0.1, -0.05) is 48.0 Å². The van der Waals surface area contributed by atoms with Crippen LogP contribution in [0.4, 0.5) is 0 Å². The van der Waals surface area contributed by atoms with E-state index in [-0.39, 0.29) is 5.91 Å². The minimum atomic E-state index is 0.0594. The molecule has 2 heterocycles. The van der Waals surface area contributed by atoms with Crippen molar-refractivity contribution in [1.82, 2.24) is 14.7 Å². The van der Waals surface area contributed by atoms with Gasteiger partial charge < -0.3 is 9.64 Å². The van der Waals surface area contributed by atoms with Crippen molar-refractivity contribution in [3.05, 3.63) is 83.0 Å². The van der Waals surface area contributed by atoms with Gasteiger partial charge in [-0.05, 0) is 24.6 Å². The molecule has 0 N–H and O–H groups in total. The van der Waals surface area contributed by atoms with Crippen LogP contribution < -0.4 is 4.74 Å². The number of hydrogen-bond acceptors (Lipinski definition) is 3. The normalized spacial score (nSPS) is 13.3. The summed E-state index contributed by atoms with van der Waals surface area (Å²) in [4.78, 5) is 14.6. The third kappa shape index (κ3) is 3.47. The lowest BCUT2D eigenvalue weighted by molar-refractivity contribution is 0.0706. The van der Waals surface area contributed by atoms with E-state index in [0.29, 0.717) is 32.1 Å². The van der Waals surface area contributed by atoms with Crippen LogP contribution in [0.2, 0.25) is 0 Å². The fourth-order valence-electron chi connectivity index (χ4n) is 3.09. The number of carbonyl (C=O) groups is 1. The lowest BCUT2D eigenvalue weighted by Gasteiger charge is -2.27. The number of nitrogens with zero attached hydrogens (tertiary/aromatic N) is 3. The fraction of sp³-hybridized carbons (Fsp3) is 0.238. The molecule has 5 heteroatoms. The molecule has 26 heavy (non-hydrogen) atoms. The lowest BCUT2D eigenvalue weighted by Crippen LogP contribution is -2.38. The first-order valence-electron chi connectivity index (χ1n) is 8.78. The number of aryl methyl sites for hydroxylation is 1. The molecule has 0 saturated heterocycles. The number of hydrogen-bond donors (Lipinski definition) is 0. The third-order valence-electron chi connectivity index (χ3n) is 4.59. The summed E-state index contributed by atoms with van der Waals surface area (Å²) in [5.41, 5.74) is 3.98. The Kier molecular flexibility index (Phi) is 4.44. The molecule has 1 aromatic heterocycles. The zero-order chi connectivity index (χ0) is 17.9. The van der Waals surface area contributed by atoms with Crippen LogP contribution >= 0.6 is 0 Å². The van der Waals surface area contributed by atoms with Gasteiger partial charge in [-0.15, -0.1) is 5.10 Å². The second-order valence-electron chi connectivity index (χ2n) is 6.56. The average Bonchev–Trinajstić information content (AvgIpc) is 3.09. The molecule has 1 aliphatic heterocycles. The Bertz CT molecular complexity index is 901. The number of rotatable bonds is 4. The molecule has 1 aliphatic rings. The summed E-state index contributed by atoms with van der Waals surface area (Å²) >= 11 is 0. The number of fused-ring (bicyclic) bond motifs is 1. The Hall–Kier alpha value is -3.08. The standard InChI is InChI=1S/C21H21N3O2/c1-16-7-9-18(10-8-16)21(25)23-11-12-24-19(14-23)13-20(22-24)26-15-17-5-3-2-4-6-17/h2-10,13H,11-12,14-15H2,1H3. The Morgan fingerprint density at radius 3 is 2.62 bits per heavy atom. The molecule has 3 aromatic rings. The highest BCUT2D eigenvalue weighted by molar-refractivity contribution is 5.94. The van der Waals surface area contributed by atoms with Crippen LogP contribution in [0.25, 0.3) is 0 Å². The minimum absolute atomic E-state index is 0.0594. The molecule has 0 radical (unpaired) electrons. The molecule has 0 spiro atoms. The Labute approximate surface area is 152 Å². The molecule has 0 aliphatic carbocycles. The molecule has 2 aromatic carbocycles. The first-order chi connectivity index (χ1) is 12.7. The predicted molar refractivity (Wildman–Crippen MR) is 98.9 cm³/mol. The van der Waals surface area contributed by atoms with Gasteiger partial charge in [0.05, 0.1) is 18.8 Å². The highest BCUT2D eigenvalue weighted by atomic mass is 16.5. The van der Waals surface area contributed by atoms with Crippen molar-refractivity contribution >= 4 is 5.91 Å². The number of benzene rings is 2. The molecule has 1 amide bonds. The molecule has 132 valence electrons. The van der Waals surface area contributed by atoms with Crippen molar-refractivity contribution in [2.75, 3.05) is 6.54 Å². The van der Waals surface area contributed by atoms with Gasteiger partial charge in [-0.3, -0.25) is 9.48 Å². The van der Waals surface area contributed by atoms with Crippen LogP contribution in [0.15, 0.2) is 60.7 Å². The molecular weight excluding hydrogens is 326 g/mol. The maximum atomic E-state index is 12.7. The smallest absolute Gasteiger partial charge is 0.254 e. The summed E-state index contributed by atoms with van der Waals surface area (Å²) in [6.45, 7) is 4.39. The van der Waals surface area contributed by atoms with Gasteiger partial charge in [0.1, 0.15) is 6.61 Å². The molecule has 0 bridgehead atoms. The predicted octanol–water partition coefficient (Wildman–Crippen LogP) is 3.43. The highest BCUT2D eigenvalue weighted by Crippen LogP contribution is 2.20. The highest BCUT2D eigenvalue weighted by Gasteiger charge is 2.23. The van der Waals surface area contributed by atoms with Crippen LogP contribution in [0, 0.1) is 6.92 Å². The van der Waals surface area contributed by atoms with Gasteiger partial charge in [0, 0.05) is 18.2 Å². The maximum Gasteiger partial charge on any atom is 0.254 e. The molecule has 0 atom stereocenters. The summed E-state index contributed by atoms with van der Waals surface area (Å²) in [6.07, 6.45) is 0. The van der Waals surface area contributed by atoms with E-state index >= 15 is 0 Å². The SMILES string of the molecule is Cc1ccc(C(=O)N2CCn3nc(OCc4ccccc4)cc3C2)cc1. The average molecular weight is 347 g/mol. The third-order valence-corrected chi connectivity index (χ3v) is 4.59. The molecule has 0 unspecified atom stereocenters. The zero-order valence-corrected chi connectivity index (χ0v) is 14.8. The van der Waals surface area contributed by atoms with Gasteiger partial charge in [-0.25, -0.2) is 0 Å². The fourth-order valence-corrected chi connectivity index (χ4v) is 3.09. The molecular formula is C21H21N3O2. The Morgan fingerprint density at radius 2 is 1.85 bits per heavy atom. The largest absolute Gasteiger partial charge is 0.472 e. The van der Waals surface area contributed by atoms with Crippen LogP contribution in [-0.4, -0.2) is 27.1 Å². The summed E-state index contributed by atoms with van der Waals surface area (Å²) < 4.78 is 7.73. The van der Waals surface area contributed by atoms with Crippen molar-refractivity contribution < 1.29 is 9.53 Å². The minimum Gasteiger partial charge on any atom is -0.472 e. The second-order valence-corrected chi connectivity index (χ2v) is 6.56. The summed E-state index contributed by atoms with van der Waals surface area (Å²) in [7, 11) is 0. The summed E-state index contributed by atoms with van der Waals surface area (Å²) in [5, 5.41) is 4.50. The Balaban J connectivity index is 1.43. The van der Waals surface area contributed by atoms with Crippen LogP contribution in [0.5, 0.6) is 5.88 Å². The van der Waals surface area contributed by atoms with Crippen molar-refractivity contribution in [2.24, 2.45) is 0 Å². The van der Waals surface area contributed by atoms with Crippen LogP contribution in [-0.2, 0) is 19.7 Å². The first-order valence-corrected chi connectivity index (χ1v) is 8.78. The molecule has 4 rings (SSSR count). The van der Waals surface area contributed by atoms with Gasteiger partial charge in [0.25, 0.3) is 5.91 Å². The monoisotopic (exact) mass is 347 g/mol. The van der Waals surface area contributed by atoms with E-state index in [2.05, 4.69) is 5.10 Å². The van der Waals surface area contributed by atoms with E-state index in [0.717, 1.165) is 22.4 Å². The lowest BCUT2D eigenvalue weighted by atomic mass is 10.1. The maximum absolute atomic E-state index is 12.7.